The first-order valence-electron chi connectivity index (χ1n) is 11.1. The lowest BCUT2D eigenvalue weighted by Gasteiger charge is -2.15. The highest BCUT2D eigenvalue weighted by Crippen LogP contribution is 2.26. The summed E-state index contributed by atoms with van der Waals surface area (Å²) in [5.74, 6) is 0.526. The summed E-state index contributed by atoms with van der Waals surface area (Å²) >= 11 is 1.52. The monoisotopic (exact) mass is 457 g/mol. The number of carbonyl (C=O) groups is 1. The summed E-state index contributed by atoms with van der Waals surface area (Å²) in [4.78, 5) is 31.0. The van der Waals surface area contributed by atoms with Crippen LogP contribution >= 0.6 is 11.8 Å². The molecule has 0 radical (unpaired) electrons. The van der Waals surface area contributed by atoms with E-state index in [0.29, 0.717) is 33.9 Å². The number of hydrogen-bond acceptors (Lipinski definition) is 4. The number of aryl methyl sites for hydroxylation is 2. The third-order valence-corrected chi connectivity index (χ3v) is 6.32. The molecule has 0 saturated carbocycles. The molecule has 0 aliphatic heterocycles. The molecular weight excluding hydrogens is 430 g/mol. The highest BCUT2D eigenvalue weighted by atomic mass is 32.2. The molecule has 0 unspecified atom stereocenters. The van der Waals surface area contributed by atoms with Crippen LogP contribution in [0.2, 0.25) is 0 Å². The first-order chi connectivity index (χ1) is 16.0. The Morgan fingerprint density at radius 2 is 1.73 bits per heavy atom. The highest BCUT2D eigenvalue weighted by molar-refractivity contribution is 7.98. The molecule has 33 heavy (non-hydrogen) atoms. The molecule has 5 nitrogen and oxygen atoms in total. The maximum atomic E-state index is 13.6. The van der Waals surface area contributed by atoms with Gasteiger partial charge in [0.1, 0.15) is 0 Å². The number of amides is 1. The number of benzene rings is 3. The SMILES string of the molecule is CCCNC(=O)c1ccc2c(=O)n(-c3cc(C)cc(C)c3)c(SCc3ccccc3)nc2c1. The van der Waals surface area contributed by atoms with Crippen LogP contribution in [0.25, 0.3) is 16.6 Å². The predicted octanol–water partition coefficient (Wildman–Crippen LogP) is 5.43. The Morgan fingerprint density at radius 1 is 1.00 bits per heavy atom. The van der Waals surface area contributed by atoms with Crippen molar-refractivity contribution in [3.05, 3.63) is 99.3 Å². The number of nitrogens with zero attached hydrogens (tertiary/aromatic N) is 2. The Labute approximate surface area is 197 Å². The highest BCUT2D eigenvalue weighted by Gasteiger charge is 2.16. The summed E-state index contributed by atoms with van der Waals surface area (Å²) in [6.45, 7) is 6.66. The van der Waals surface area contributed by atoms with Crippen LogP contribution in [0.1, 0.15) is 40.4 Å². The molecule has 3 aromatic carbocycles. The normalized spacial score (nSPS) is 11.0. The van der Waals surface area contributed by atoms with Gasteiger partial charge in [-0.25, -0.2) is 4.98 Å². The van der Waals surface area contributed by atoms with Gasteiger partial charge in [0.05, 0.1) is 16.6 Å². The van der Waals surface area contributed by atoms with Crippen molar-refractivity contribution < 1.29 is 4.79 Å². The van der Waals surface area contributed by atoms with Gasteiger partial charge in [0, 0.05) is 17.9 Å². The molecule has 4 rings (SSSR count). The molecule has 0 saturated heterocycles. The lowest BCUT2D eigenvalue weighted by Crippen LogP contribution is -2.25. The molecule has 1 heterocycles. The maximum Gasteiger partial charge on any atom is 0.266 e. The van der Waals surface area contributed by atoms with E-state index in [-0.39, 0.29) is 11.5 Å². The second-order valence-corrected chi connectivity index (χ2v) is 9.09. The average Bonchev–Trinajstić information content (AvgIpc) is 2.81. The van der Waals surface area contributed by atoms with E-state index in [1.165, 1.54) is 11.8 Å². The Kier molecular flexibility index (Phi) is 6.94. The van der Waals surface area contributed by atoms with Crippen LogP contribution in [0.4, 0.5) is 0 Å². The van der Waals surface area contributed by atoms with Gasteiger partial charge < -0.3 is 5.32 Å². The van der Waals surface area contributed by atoms with Gasteiger partial charge in [-0.3, -0.25) is 14.2 Å². The van der Waals surface area contributed by atoms with Crippen molar-refractivity contribution in [1.82, 2.24) is 14.9 Å². The minimum Gasteiger partial charge on any atom is -0.352 e. The second-order valence-electron chi connectivity index (χ2n) is 8.14. The van der Waals surface area contributed by atoms with E-state index in [1.54, 1.807) is 22.8 Å². The zero-order valence-corrected chi connectivity index (χ0v) is 19.9. The number of nitrogens with one attached hydrogen (secondary N) is 1. The Balaban J connectivity index is 1.85. The van der Waals surface area contributed by atoms with E-state index >= 15 is 0 Å². The van der Waals surface area contributed by atoms with E-state index in [4.69, 9.17) is 4.98 Å². The zero-order chi connectivity index (χ0) is 23.4. The molecular formula is C27H27N3O2S. The van der Waals surface area contributed by atoms with Crippen LogP contribution in [0, 0.1) is 13.8 Å². The Bertz CT molecular complexity index is 1340. The second kappa shape index (κ2) is 10.0. The maximum absolute atomic E-state index is 13.6. The van der Waals surface area contributed by atoms with Crippen LogP contribution in [-0.2, 0) is 5.75 Å². The molecule has 0 fully saturated rings. The van der Waals surface area contributed by atoms with Crippen molar-refractivity contribution >= 4 is 28.6 Å². The molecule has 0 bridgehead atoms. The predicted molar refractivity (Wildman–Crippen MR) is 135 cm³/mol. The van der Waals surface area contributed by atoms with Gasteiger partial charge in [0.15, 0.2) is 5.16 Å². The number of fused-ring (bicyclic) bond motifs is 1. The van der Waals surface area contributed by atoms with Gasteiger partial charge in [-0.15, -0.1) is 0 Å². The molecule has 4 aromatic rings. The summed E-state index contributed by atoms with van der Waals surface area (Å²) in [6.07, 6.45) is 0.860. The summed E-state index contributed by atoms with van der Waals surface area (Å²) in [5.41, 5.74) is 5.01. The molecule has 0 aliphatic carbocycles. The lowest BCUT2D eigenvalue weighted by atomic mass is 10.1. The Morgan fingerprint density at radius 3 is 2.42 bits per heavy atom. The third kappa shape index (κ3) is 5.17. The van der Waals surface area contributed by atoms with Gasteiger partial charge in [-0.2, -0.15) is 0 Å². The Hall–Kier alpha value is -3.38. The van der Waals surface area contributed by atoms with Gasteiger partial charge in [-0.05, 0) is 67.3 Å². The minimum atomic E-state index is -0.155. The first kappa shape index (κ1) is 22.8. The molecule has 6 heteroatoms. The molecule has 0 atom stereocenters. The molecule has 0 aliphatic rings. The molecule has 1 N–H and O–H groups in total. The van der Waals surface area contributed by atoms with Crippen LogP contribution in [-0.4, -0.2) is 22.0 Å². The molecule has 0 spiro atoms. The van der Waals surface area contributed by atoms with Crippen LogP contribution in [0.15, 0.2) is 76.7 Å². The van der Waals surface area contributed by atoms with Gasteiger partial charge in [0.2, 0.25) is 0 Å². The van der Waals surface area contributed by atoms with Crippen molar-refractivity contribution in [2.45, 2.75) is 38.1 Å². The lowest BCUT2D eigenvalue weighted by molar-refractivity contribution is 0.0954. The summed E-state index contributed by atoms with van der Waals surface area (Å²) in [6, 6.07) is 21.3. The fraction of sp³-hybridized carbons (Fsp3) is 0.222. The van der Waals surface area contributed by atoms with Crippen LogP contribution in [0.3, 0.4) is 0 Å². The van der Waals surface area contributed by atoms with E-state index in [0.717, 1.165) is 28.8 Å². The number of hydrogen-bond donors (Lipinski definition) is 1. The third-order valence-electron chi connectivity index (χ3n) is 5.31. The molecule has 1 aromatic heterocycles. The molecule has 168 valence electrons. The standard InChI is InChI=1S/C27H27N3O2S/c1-4-12-28-25(31)21-10-11-23-24(16-21)29-27(33-17-20-8-6-5-7-9-20)30(26(23)32)22-14-18(2)13-19(3)15-22/h5-11,13-16H,4,12,17H2,1-3H3,(H,28,31). The summed E-state index contributed by atoms with van der Waals surface area (Å²) < 4.78 is 1.69. The van der Waals surface area contributed by atoms with E-state index in [1.807, 2.05) is 51.1 Å². The van der Waals surface area contributed by atoms with Gasteiger partial charge in [-0.1, -0.05) is 55.1 Å². The van der Waals surface area contributed by atoms with Crippen molar-refractivity contribution in [2.75, 3.05) is 6.54 Å². The first-order valence-corrected chi connectivity index (χ1v) is 12.0. The van der Waals surface area contributed by atoms with E-state index < -0.39 is 0 Å². The average molecular weight is 458 g/mol. The summed E-state index contributed by atoms with van der Waals surface area (Å²) in [7, 11) is 0. The number of aromatic nitrogens is 2. The van der Waals surface area contributed by atoms with Gasteiger partial charge in [0.25, 0.3) is 11.5 Å². The van der Waals surface area contributed by atoms with Crippen LogP contribution in [0.5, 0.6) is 0 Å². The van der Waals surface area contributed by atoms with Crippen LogP contribution < -0.4 is 10.9 Å². The topological polar surface area (TPSA) is 64.0 Å². The quantitative estimate of drug-likeness (QED) is 0.297. The fourth-order valence-electron chi connectivity index (χ4n) is 3.77. The van der Waals surface area contributed by atoms with E-state index in [2.05, 4.69) is 23.5 Å². The van der Waals surface area contributed by atoms with Crippen molar-refractivity contribution in [2.24, 2.45) is 0 Å². The summed E-state index contributed by atoms with van der Waals surface area (Å²) in [5, 5.41) is 3.98. The van der Waals surface area contributed by atoms with Crippen molar-refractivity contribution in [3.63, 3.8) is 0 Å². The smallest absolute Gasteiger partial charge is 0.266 e. The van der Waals surface area contributed by atoms with Crippen molar-refractivity contribution in [3.8, 4) is 5.69 Å². The van der Waals surface area contributed by atoms with Gasteiger partial charge >= 0.3 is 0 Å². The minimum absolute atomic E-state index is 0.138. The number of rotatable bonds is 7. The number of carbonyl (C=O) groups excluding carboxylic acids is 1. The van der Waals surface area contributed by atoms with E-state index in [9.17, 15) is 9.59 Å². The zero-order valence-electron chi connectivity index (χ0n) is 19.1. The van der Waals surface area contributed by atoms with Crippen molar-refractivity contribution in [1.29, 1.82) is 0 Å². The number of thioether (sulfide) groups is 1. The fourth-order valence-corrected chi connectivity index (χ4v) is 4.74. The largest absolute Gasteiger partial charge is 0.352 e. The molecule has 1 amide bonds.